The van der Waals surface area contributed by atoms with Crippen molar-refractivity contribution in [1.29, 1.82) is 0 Å². The number of amides is 1. The van der Waals surface area contributed by atoms with E-state index in [0.29, 0.717) is 0 Å². The Balaban J connectivity index is 1.40. The number of carbonyl (C=O) groups is 1. The second-order valence-electron chi connectivity index (χ2n) is 9.47. The van der Waals surface area contributed by atoms with Gasteiger partial charge in [0.2, 0.25) is 0 Å². The standard InChI is InChI=1S/C25H25N3O/c29-24(28-25-12-16-8-17(13-25)10-18(9-16)14-25)21-11-23(19-4-3-7-26-15-19)27-22-6-2-1-5-20(21)22/h1-7,11,15-18H,8-10,12-14H2,(H,28,29). The number of nitrogens with one attached hydrogen (secondary N) is 1. The Bertz CT molecular complexity index is 1060. The molecule has 0 unspecified atom stereocenters. The van der Waals surface area contributed by atoms with Crippen LogP contribution in [0.25, 0.3) is 22.2 Å². The van der Waals surface area contributed by atoms with Crippen molar-refractivity contribution in [2.75, 3.05) is 0 Å². The van der Waals surface area contributed by atoms with Crippen LogP contribution in [0.2, 0.25) is 0 Å². The van der Waals surface area contributed by atoms with Gasteiger partial charge in [-0.05, 0) is 80.5 Å². The van der Waals surface area contributed by atoms with E-state index in [0.717, 1.165) is 64.7 Å². The van der Waals surface area contributed by atoms with Gasteiger partial charge in [-0.2, -0.15) is 0 Å². The Morgan fingerprint density at radius 3 is 2.38 bits per heavy atom. The molecule has 2 heterocycles. The van der Waals surface area contributed by atoms with Crippen molar-refractivity contribution >= 4 is 16.8 Å². The normalized spacial score (nSPS) is 29.9. The van der Waals surface area contributed by atoms with Gasteiger partial charge in [-0.3, -0.25) is 9.78 Å². The first-order valence-corrected chi connectivity index (χ1v) is 10.8. The average molecular weight is 383 g/mol. The molecule has 7 rings (SSSR count). The number of nitrogens with zero attached hydrogens (tertiary/aromatic N) is 2. The molecule has 3 aromatic rings. The summed E-state index contributed by atoms with van der Waals surface area (Å²) in [6, 6.07) is 13.8. The summed E-state index contributed by atoms with van der Waals surface area (Å²) < 4.78 is 0. The van der Waals surface area contributed by atoms with Gasteiger partial charge >= 0.3 is 0 Å². The molecule has 0 saturated heterocycles. The maximum Gasteiger partial charge on any atom is 0.252 e. The molecule has 0 atom stereocenters. The number of fused-ring (bicyclic) bond motifs is 1. The molecule has 4 bridgehead atoms. The minimum Gasteiger partial charge on any atom is -0.347 e. The molecule has 4 aliphatic carbocycles. The van der Waals surface area contributed by atoms with Crippen LogP contribution >= 0.6 is 0 Å². The van der Waals surface area contributed by atoms with Crippen LogP contribution in [0.4, 0.5) is 0 Å². The Morgan fingerprint density at radius 2 is 1.69 bits per heavy atom. The number of benzene rings is 1. The molecule has 4 saturated carbocycles. The van der Waals surface area contributed by atoms with Crippen LogP contribution in [0, 0.1) is 17.8 Å². The van der Waals surface area contributed by atoms with Crippen LogP contribution in [0.3, 0.4) is 0 Å². The molecule has 1 amide bonds. The second kappa shape index (κ2) is 6.38. The fourth-order valence-corrected chi connectivity index (χ4v) is 6.60. The minimum atomic E-state index is 0.00464. The van der Waals surface area contributed by atoms with Gasteiger partial charge in [-0.1, -0.05) is 18.2 Å². The van der Waals surface area contributed by atoms with Crippen molar-refractivity contribution in [2.24, 2.45) is 17.8 Å². The maximum atomic E-state index is 13.6. The van der Waals surface area contributed by atoms with E-state index in [1.54, 1.807) is 12.4 Å². The fraction of sp³-hybridized carbons (Fsp3) is 0.400. The van der Waals surface area contributed by atoms with Gasteiger partial charge in [0.05, 0.1) is 16.8 Å². The topological polar surface area (TPSA) is 54.9 Å². The summed E-state index contributed by atoms with van der Waals surface area (Å²) in [6.45, 7) is 0. The van der Waals surface area contributed by atoms with E-state index in [-0.39, 0.29) is 11.4 Å². The van der Waals surface area contributed by atoms with Crippen molar-refractivity contribution in [1.82, 2.24) is 15.3 Å². The fourth-order valence-electron chi connectivity index (χ4n) is 6.60. The Morgan fingerprint density at radius 1 is 0.966 bits per heavy atom. The summed E-state index contributed by atoms with van der Waals surface area (Å²) in [6.07, 6.45) is 11.1. The Hall–Kier alpha value is -2.75. The van der Waals surface area contributed by atoms with Gasteiger partial charge in [0.15, 0.2) is 0 Å². The van der Waals surface area contributed by atoms with Crippen LogP contribution in [0.15, 0.2) is 54.9 Å². The number of hydrogen-bond donors (Lipinski definition) is 1. The first-order valence-electron chi connectivity index (χ1n) is 10.8. The number of hydrogen-bond acceptors (Lipinski definition) is 3. The van der Waals surface area contributed by atoms with Crippen molar-refractivity contribution in [3.05, 3.63) is 60.4 Å². The average Bonchev–Trinajstić information content (AvgIpc) is 2.72. The number of para-hydroxylation sites is 1. The molecule has 146 valence electrons. The van der Waals surface area contributed by atoms with E-state index in [1.807, 2.05) is 42.5 Å². The smallest absolute Gasteiger partial charge is 0.252 e. The highest BCUT2D eigenvalue weighted by molar-refractivity contribution is 6.07. The predicted molar refractivity (Wildman–Crippen MR) is 113 cm³/mol. The van der Waals surface area contributed by atoms with Crippen LogP contribution in [0.1, 0.15) is 48.9 Å². The van der Waals surface area contributed by atoms with Crippen molar-refractivity contribution in [3.63, 3.8) is 0 Å². The lowest BCUT2D eigenvalue weighted by Gasteiger charge is -2.56. The second-order valence-corrected chi connectivity index (χ2v) is 9.47. The van der Waals surface area contributed by atoms with Gasteiger partial charge < -0.3 is 5.32 Å². The van der Waals surface area contributed by atoms with E-state index in [2.05, 4.69) is 10.3 Å². The van der Waals surface area contributed by atoms with Crippen LogP contribution in [-0.2, 0) is 0 Å². The largest absolute Gasteiger partial charge is 0.347 e. The lowest BCUT2D eigenvalue weighted by atomic mass is 9.53. The predicted octanol–water partition coefficient (Wildman–Crippen LogP) is 5.00. The summed E-state index contributed by atoms with van der Waals surface area (Å²) >= 11 is 0. The summed E-state index contributed by atoms with van der Waals surface area (Å²) in [5.74, 6) is 2.47. The zero-order valence-corrected chi connectivity index (χ0v) is 16.5. The number of pyridine rings is 2. The molecular weight excluding hydrogens is 358 g/mol. The summed E-state index contributed by atoms with van der Waals surface area (Å²) in [5.41, 5.74) is 3.31. The molecule has 1 aromatic carbocycles. The molecule has 0 aliphatic heterocycles. The molecule has 0 spiro atoms. The molecule has 1 N–H and O–H groups in total. The zero-order chi connectivity index (χ0) is 19.4. The SMILES string of the molecule is O=C(NC12CC3CC(CC(C3)C1)C2)c1cc(-c2cccnc2)nc2ccccc12. The molecule has 4 fully saturated rings. The molecule has 4 nitrogen and oxygen atoms in total. The molecule has 4 heteroatoms. The quantitative estimate of drug-likeness (QED) is 0.693. The zero-order valence-electron chi connectivity index (χ0n) is 16.5. The van der Waals surface area contributed by atoms with Crippen LogP contribution in [-0.4, -0.2) is 21.4 Å². The first-order chi connectivity index (χ1) is 14.2. The van der Waals surface area contributed by atoms with Crippen molar-refractivity contribution < 1.29 is 4.79 Å². The van der Waals surface area contributed by atoms with Gasteiger partial charge in [0, 0.05) is 28.9 Å². The molecule has 4 aliphatic rings. The third-order valence-electron chi connectivity index (χ3n) is 7.34. The number of carbonyl (C=O) groups excluding carboxylic acids is 1. The van der Waals surface area contributed by atoms with E-state index in [1.165, 1.54) is 19.3 Å². The highest BCUT2D eigenvalue weighted by atomic mass is 16.1. The molecule has 29 heavy (non-hydrogen) atoms. The number of rotatable bonds is 3. The monoisotopic (exact) mass is 383 g/mol. The van der Waals surface area contributed by atoms with Gasteiger partial charge in [0.1, 0.15) is 0 Å². The lowest BCUT2D eigenvalue weighted by molar-refractivity contribution is -0.0166. The van der Waals surface area contributed by atoms with Gasteiger partial charge in [0.25, 0.3) is 5.91 Å². The van der Waals surface area contributed by atoms with Crippen LogP contribution in [0.5, 0.6) is 0 Å². The summed E-state index contributed by atoms with van der Waals surface area (Å²) in [7, 11) is 0. The maximum absolute atomic E-state index is 13.6. The van der Waals surface area contributed by atoms with Crippen molar-refractivity contribution in [3.8, 4) is 11.3 Å². The third-order valence-corrected chi connectivity index (χ3v) is 7.34. The minimum absolute atomic E-state index is 0.00464. The first kappa shape index (κ1) is 17.1. The van der Waals surface area contributed by atoms with Gasteiger partial charge in [-0.15, -0.1) is 0 Å². The number of aromatic nitrogens is 2. The molecular formula is C25H25N3O. The molecule has 2 aromatic heterocycles. The van der Waals surface area contributed by atoms with Crippen molar-refractivity contribution in [2.45, 2.75) is 44.1 Å². The van der Waals surface area contributed by atoms with Crippen LogP contribution < -0.4 is 5.32 Å². The van der Waals surface area contributed by atoms with E-state index < -0.39 is 0 Å². The Kier molecular flexibility index (Phi) is 3.77. The summed E-state index contributed by atoms with van der Waals surface area (Å²) in [5, 5.41) is 4.45. The Labute approximate surface area is 170 Å². The molecule has 0 radical (unpaired) electrons. The lowest BCUT2D eigenvalue weighted by Crippen LogP contribution is -2.59. The highest BCUT2D eigenvalue weighted by Crippen LogP contribution is 2.55. The van der Waals surface area contributed by atoms with E-state index in [4.69, 9.17) is 4.98 Å². The third kappa shape index (κ3) is 2.93. The van der Waals surface area contributed by atoms with Gasteiger partial charge in [-0.25, -0.2) is 4.98 Å². The summed E-state index contributed by atoms with van der Waals surface area (Å²) in [4.78, 5) is 22.6. The van der Waals surface area contributed by atoms with E-state index >= 15 is 0 Å². The van der Waals surface area contributed by atoms with E-state index in [9.17, 15) is 4.79 Å². The highest BCUT2D eigenvalue weighted by Gasteiger charge is 2.51.